The van der Waals surface area contributed by atoms with E-state index in [1.165, 1.54) is 0 Å². The van der Waals surface area contributed by atoms with Gasteiger partial charge < -0.3 is 10.3 Å². The van der Waals surface area contributed by atoms with Crippen LogP contribution in [0.3, 0.4) is 0 Å². The van der Waals surface area contributed by atoms with Crippen LogP contribution < -0.4 is 5.73 Å². The van der Waals surface area contributed by atoms with Crippen molar-refractivity contribution in [2.75, 3.05) is 0 Å². The quantitative estimate of drug-likeness (QED) is 0.790. The molecule has 0 amide bonds. The van der Waals surface area contributed by atoms with Crippen molar-refractivity contribution in [3.63, 3.8) is 0 Å². The lowest BCUT2D eigenvalue weighted by Gasteiger charge is -2.09. The van der Waals surface area contributed by atoms with Gasteiger partial charge in [-0.3, -0.25) is 4.98 Å². The van der Waals surface area contributed by atoms with Gasteiger partial charge in [-0.15, -0.1) is 0 Å². The van der Waals surface area contributed by atoms with Crippen LogP contribution in [0.15, 0.2) is 41.1 Å². The Bertz CT molecular complexity index is 730. The van der Waals surface area contributed by atoms with Crippen LogP contribution in [0.2, 0.25) is 0 Å². The van der Waals surface area contributed by atoms with E-state index in [2.05, 4.69) is 15.1 Å². The van der Waals surface area contributed by atoms with Crippen LogP contribution in [0.5, 0.6) is 0 Å². The monoisotopic (exact) mass is 268 g/mol. The number of nitrogens with two attached hydrogens (primary N) is 1. The average Bonchev–Trinajstić information content (AvgIpc) is 2.95. The van der Waals surface area contributed by atoms with Crippen LogP contribution in [0.1, 0.15) is 25.8 Å². The van der Waals surface area contributed by atoms with Crippen molar-refractivity contribution in [2.45, 2.75) is 19.9 Å². The van der Waals surface area contributed by atoms with Gasteiger partial charge >= 0.3 is 0 Å². The molecular weight excluding hydrogens is 252 g/mol. The summed E-state index contributed by atoms with van der Waals surface area (Å²) in [4.78, 5) is 8.76. The molecule has 5 nitrogen and oxygen atoms in total. The molecule has 0 saturated carbocycles. The Balaban J connectivity index is 2.08. The van der Waals surface area contributed by atoms with Crippen molar-refractivity contribution < 1.29 is 4.52 Å². The summed E-state index contributed by atoms with van der Waals surface area (Å²) >= 11 is 0. The van der Waals surface area contributed by atoms with Gasteiger partial charge in [0, 0.05) is 11.6 Å². The molecule has 0 aliphatic carbocycles. The highest BCUT2D eigenvalue weighted by molar-refractivity contribution is 5.92. The van der Waals surface area contributed by atoms with Crippen molar-refractivity contribution in [1.82, 2.24) is 15.1 Å². The topological polar surface area (TPSA) is 77.8 Å². The van der Waals surface area contributed by atoms with E-state index in [-0.39, 0.29) is 12.0 Å². The first kappa shape index (κ1) is 12.7. The van der Waals surface area contributed by atoms with Crippen LogP contribution in [-0.4, -0.2) is 15.1 Å². The maximum atomic E-state index is 6.03. The van der Waals surface area contributed by atoms with Gasteiger partial charge in [-0.1, -0.05) is 43.3 Å². The zero-order chi connectivity index (χ0) is 14.1. The lowest BCUT2D eigenvalue weighted by molar-refractivity contribution is 0.325. The Hall–Kier alpha value is -2.27. The highest BCUT2D eigenvalue weighted by Gasteiger charge is 2.19. The summed E-state index contributed by atoms with van der Waals surface area (Å²) in [5, 5.41) is 6.11. The van der Waals surface area contributed by atoms with Gasteiger partial charge in [0.05, 0.1) is 6.04 Å². The Morgan fingerprint density at radius 3 is 2.75 bits per heavy atom. The third-order valence-corrected chi connectivity index (χ3v) is 3.33. The molecule has 0 unspecified atom stereocenters. The third kappa shape index (κ3) is 2.16. The number of rotatable bonds is 3. The number of benzene rings is 1. The van der Waals surface area contributed by atoms with E-state index in [1.807, 2.05) is 44.2 Å². The predicted molar refractivity (Wildman–Crippen MR) is 76.8 cm³/mol. The maximum Gasteiger partial charge on any atom is 0.244 e. The number of nitrogens with zero attached hydrogens (tertiary/aromatic N) is 3. The zero-order valence-electron chi connectivity index (χ0n) is 11.4. The van der Waals surface area contributed by atoms with E-state index in [4.69, 9.17) is 10.3 Å². The lowest BCUT2D eigenvalue weighted by Crippen LogP contribution is -2.16. The summed E-state index contributed by atoms with van der Waals surface area (Å²) in [5.41, 5.74) is 6.74. The Labute approximate surface area is 116 Å². The van der Waals surface area contributed by atoms with E-state index in [0.717, 1.165) is 10.8 Å². The summed E-state index contributed by atoms with van der Waals surface area (Å²) in [5.74, 6) is 1.17. The fraction of sp³-hybridized carbons (Fsp3) is 0.267. The Morgan fingerprint density at radius 2 is 1.95 bits per heavy atom. The van der Waals surface area contributed by atoms with Crippen molar-refractivity contribution in [2.24, 2.45) is 11.7 Å². The van der Waals surface area contributed by atoms with Gasteiger partial charge in [0.1, 0.15) is 5.69 Å². The van der Waals surface area contributed by atoms with Crippen molar-refractivity contribution >= 4 is 10.8 Å². The van der Waals surface area contributed by atoms with Crippen molar-refractivity contribution in [1.29, 1.82) is 0 Å². The molecule has 2 heterocycles. The minimum absolute atomic E-state index is 0.240. The van der Waals surface area contributed by atoms with Gasteiger partial charge in [0.25, 0.3) is 0 Å². The Kier molecular flexibility index (Phi) is 3.20. The fourth-order valence-electron chi connectivity index (χ4n) is 2.05. The molecule has 0 spiro atoms. The van der Waals surface area contributed by atoms with Gasteiger partial charge in [-0.2, -0.15) is 4.98 Å². The second-order valence-electron chi connectivity index (χ2n) is 5.11. The molecule has 0 radical (unpaired) electrons. The molecule has 1 aromatic carbocycles. The van der Waals surface area contributed by atoms with Gasteiger partial charge in [-0.05, 0) is 17.4 Å². The van der Waals surface area contributed by atoms with E-state index < -0.39 is 0 Å². The van der Waals surface area contributed by atoms with Gasteiger partial charge in [-0.25, -0.2) is 0 Å². The summed E-state index contributed by atoms with van der Waals surface area (Å²) in [6.45, 7) is 4.04. The second kappa shape index (κ2) is 5.02. The number of pyridine rings is 1. The van der Waals surface area contributed by atoms with E-state index in [9.17, 15) is 0 Å². The van der Waals surface area contributed by atoms with E-state index >= 15 is 0 Å². The molecule has 0 saturated heterocycles. The number of hydrogen-bond acceptors (Lipinski definition) is 5. The fourth-order valence-corrected chi connectivity index (χ4v) is 2.05. The SMILES string of the molecule is CC(C)[C@@H](N)c1nc(-c2nccc3ccccc23)no1. The molecule has 20 heavy (non-hydrogen) atoms. The molecule has 0 aliphatic heterocycles. The molecule has 0 bridgehead atoms. The van der Waals surface area contributed by atoms with Crippen LogP contribution in [0.25, 0.3) is 22.3 Å². The minimum atomic E-state index is -0.258. The summed E-state index contributed by atoms with van der Waals surface area (Å²) in [6.07, 6.45) is 1.75. The first-order chi connectivity index (χ1) is 9.66. The summed E-state index contributed by atoms with van der Waals surface area (Å²) < 4.78 is 5.26. The third-order valence-electron chi connectivity index (χ3n) is 3.33. The molecule has 3 rings (SSSR count). The van der Waals surface area contributed by atoms with Crippen molar-refractivity contribution in [3.8, 4) is 11.5 Å². The highest BCUT2D eigenvalue weighted by Crippen LogP contribution is 2.26. The number of fused-ring (bicyclic) bond motifs is 1. The number of hydrogen-bond donors (Lipinski definition) is 1. The van der Waals surface area contributed by atoms with Crippen LogP contribution in [0, 0.1) is 5.92 Å². The maximum absolute atomic E-state index is 6.03. The van der Waals surface area contributed by atoms with Gasteiger partial charge in [0.15, 0.2) is 0 Å². The van der Waals surface area contributed by atoms with Crippen LogP contribution in [0.4, 0.5) is 0 Å². The van der Waals surface area contributed by atoms with Crippen LogP contribution in [-0.2, 0) is 0 Å². The normalized spacial score (nSPS) is 13.0. The molecule has 2 aromatic heterocycles. The molecular formula is C15H16N4O. The summed E-state index contributed by atoms with van der Waals surface area (Å²) in [7, 11) is 0. The van der Waals surface area contributed by atoms with Gasteiger partial charge in [0.2, 0.25) is 11.7 Å². The minimum Gasteiger partial charge on any atom is -0.337 e. The van der Waals surface area contributed by atoms with E-state index in [0.29, 0.717) is 17.4 Å². The predicted octanol–water partition coefficient (Wildman–Crippen LogP) is 2.94. The lowest BCUT2D eigenvalue weighted by atomic mass is 10.1. The van der Waals surface area contributed by atoms with Crippen LogP contribution >= 0.6 is 0 Å². The molecule has 5 heteroatoms. The molecule has 1 atom stereocenters. The first-order valence-corrected chi connectivity index (χ1v) is 6.60. The molecule has 0 fully saturated rings. The zero-order valence-corrected chi connectivity index (χ0v) is 11.4. The summed E-state index contributed by atoms with van der Waals surface area (Å²) in [6, 6.07) is 9.68. The standard InChI is InChI=1S/C15H16N4O/c1-9(2)12(16)15-18-14(19-20-15)13-11-6-4-3-5-10(11)7-8-17-13/h3-9,12H,16H2,1-2H3/t12-/m1/s1. The largest absolute Gasteiger partial charge is 0.337 e. The van der Waals surface area contributed by atoms with Crippen molar-refractivity contribution in [3.05, 3.63) is 42.4 Å². The Morgan fingerprint density at radius 1 is 1.15 bits per heavy atom. The molecule has 2 N–H and O–H groups in total. The second-order valence-corrected chi connectivity index (χ2v) is 5.11. The molecule has 102 valence electrons. The first-order valence-electron chi connectivity index (χ1n) is 6.60. The highest BCUT2D eigenvalue weighted by atomic mass is 16.5. The smallest absolute Gasteiger partial charge is 0.244 e. The number of aromatic nitrogens is 3. The van der Waals surface area contributed by atoms with E-state index in [1.54, 1.807) is 6.20 Å². The molecule has 3 aromatic rings. The average molecular weight is 268 g/mol. The molecule has 0 aliphatic rings.